The van der Waals surface area contributed by atoms with Crippen LogP contribution in [0, 0.1) is 12.7 Å². The van der Waals surface area contributed by atoms with E-state index in [1.54, 1.807) is 42.5 Å². The summed E-state index contributed by atoms with van der Waals surface area (Å²) in [6.07, 6.45) is 0. The van der Waals surface area contributed by atoms with Crippen LogP contribution in [-0.2, 0) is 11.3 Å². The largest absolute Gasteiger partial charge is 0.336 e. The highest BCUT2D eigenvalue weighted by Crippen LogP contribution is 2.12. The van der Waals surface area contributed by atoms with Crippen LogP contribution in [0.2, 0.25) is 0 Å². The first-order valence-corrected chi connectivity index (χ1v) is 9.31. The van der Waals surface area contributed by atoms with Gasteiger partial charge in [-0.15, -0.1) is 0 Å². The second-order valence-electron chi connectivity index (χ2n) is 6.92. The van der Waals surface area contributed by atoms with Crippen LogP contribution in [0.15, 0.2) is 82.4 Å². The number of carbonyl (C=O) groups is 1. The lowest BCUT2D eigenvalue weighted by Gasteiger charge is -2.14. The normalized spacial score (nSPS) is 10.9. The molecule has 0 aliphatic heterocycles. The van der Waals surface area contributed by atoms with Crippen molar-refractivity contribution >= 4 is 22.5 Å². The van der Waals surface area contributed by atoms with Crippen LogP contribution in [0.4, 0.5) is 10.1 Å². The molecule has 0 aliphatic rings. The Balaban J connectivity index is 1.83. The van der Waals surface area contributed by atoms with E-state index in [1.165, 1.54) is 28.8 Å². The number of nitrogens with zero attached hydrogens (tertiary/aromatic N) is 2. The van der Waals surface area contributed by atoms with Crippen molar-refractivity contribution in [3.8, 4) is 5.69 Å². The molecule has 1 aromatic heterocycles. The minimum absolute atomic E-state index is 0.303. The van der Waals surface area contributed by atoms with E-state index in [4.69, 9.17) is 0 Å². The number of nitrogens with one attached hydrogen (secondary N) is 1. The van der Waals surface area contributed by atoms with Gasteiger partial charge in [-0.3, -0.25) is 14.2 Å². The minimum Gasteiger partial charge on any atom is -0.325 e. The summed E-state index contributed by atoms with van der Waals surface area (Å²) in [7, 11) is 0. The molecule has 0 radical (unpaired) electrons. The molecule has 0 atom stereocenters. The Bertz CT molecular complexity index is 1370. The lowest BCUT2D eigenvalue weighted by molar-refractivity contribution is -0.116. The summed E-state index contributed by atoms with van der Waals surface area (Å²) in [5, 5.41) is 2.97. The molecule has 3 aromatic carbocycles. The zero-order chi connectivity index (χ0) is 21.3. The molecule has 4 aromatic rings. The summed E-state index contributed by atoms with van der Waals surface area (Å²) in [5.74, 6) is -0.885. The SMILES string of the molecule is Cc1cccc(-n2c(=O)c3ccccc3n(CC(=O)Nc3ccc(F)cc3)c2=O)c1. The van der Waals surface area contributed by atoms with Crippen LogP contribution in [0.3, 0.4) is 0 Å². The maximum absolute atomic E-state index is 13.2. The summed E-state index contributed by atoms with van der Waals surface area (Å²) in [6.45, 7) is 1.56. The van der Waals surface area contributed by atoms with Crippen molar-refractivity contribution in [1.29, 1.82) is 0 Å². The Morgan fingerprint density at radius 3 is 2.43 bits per heavy atom. The molecule has 0 fully saturated rings. The molecular formula is C23H18FN3O3. The molecule has 150 valence electrons. The van der Waals surface area contributed by atoms with Crippen LogP contribution in [0.5, 0.6) is 0 Å². The first kappa shape index (κ1) is 19.3. The summed E-state index contributed by atoms with van der Waals surface area (Å²) < 4.78 is 15.4. The third-order valence-electron chi connectivity index (χ3n) is 4.74. The zero-order valence-corrected chi connectivity index (χ0v) is 16.1. The van der Waals surface area contributed by atoms with Crippen molar-refractivity contribution in [3.05, 3.63) is 105 Å². The van der Waals surface area contributed by atoms with E-state index in [1.807, 2.05) is 13.0 Å². The molecule has 7 heteroatoms. The first-order valence-electron chi connectivity index (χ1n) is 9.31. The van der Waals surface area contributed by atoms with E-state index in [0.717, 1.165) is 10.1 Å². The lowest BCUT2D eigenvalue weighted by atomic mass is 10.2. The molecule has 0 spiro atoms. The van der Waals surface area contributed by atoms with Gasteiger partial charge < -0.3 is 5.32 Å². The second-order valence-corrected chi connectivity index (χ2v) is 6.92. The van der Waals surface area contributed by atoms with E-state index in [9.17, 15) is 18.8 Å². The molecule has 0 aliphatic carbocycles. The molecule has 0 saturated heterocycles. The van der Waals surface area contributed by atoms with Gasteiger partial charge in [-0.2, -0.15) is 0 Å². The number of halogens is 1. The molecule has 1 amide bonds. The Labute approximate surface area is 170 Å². The number of aromatic nitrogens is 2. The van der Waals surface area contributed by atoms with Gasteiger partial charge in [-0.1, -0.05) is 24.3 Å². The standard InChI is InChI=1S/C23H18FN3O3/c1-15-5-4-6-18(13-15)27-22(29)19-7-2-3-8-20(19)26(23(27)30)14-21(28)25-17-11-9-16(24)10-12-17/h2-13H,14H2,1H3,(H,25,28). The molecule has 0 saturated carbocycles. The fourth-order valence-corrected chi connectivity index (χ4v) is 3.35. The maximum Gasteiger partial charge on any atom is 0.336 e. The van der Waals surface area contributed by atoms with Gasteiger partial charge >= 0.3 is 5.69 Å². The van der Waals surface area contributed by atoms with E-state index in [0.29, 0.717) is 22.3 Å². The highest BCUT2D eigenvalue weighted by Gasteiger charge is 2.16. The number of anilines is 1. The number of fused-ring (bicyclic) bond motifs is 1. The highest BCUT2D eigenvalue weighted by molar-refractivity contribution is 5.91. The van der Waals surface area contributed by atoms with Gasteiger partial charge in [-0.05, 0) is 61.0 Å². The van der Waals surface area contributed by atoms with Crippen LogP contribution in [0.25, 0.3) is 16.6 Å². The van der Waals surface area contributed by atoms with E-state index >= 15 is 0 Å². The predicted octanol–water partition coefficient (Wildman–Crippen LogP) is 3.24. The number of para-hydroxylation sites is 1. The van der Waals surface area contributed by atoms with E-state index < -0.39 is 23.0 Å². The van der Waals surface area contributed by atoms with Crippen molar-refractivity contribution in [1.82, 2.24) is 9.13 Å². The van der Waals surface area contributed by atoms with Gasteiger partial charge in [0, 0.05) is 5.69 Å². The fourth-order valence-electron chi connectivity index (χ4n) is 3.35. The average Bonchev–Trinajstić information content (AvgIpc) is 2.73. The second kappa shape index (κ2) is 7.79. The number of aryl methyl sites for hydroxylation is 1. The molecule has 0 bridgehead atoms. The number of carbonyl (C=O) groups excluding carboxylic acids is 1. The monoisotopic (exact) mass is 403 g/mol. The topological polar surface area (TPSA) is 73.1 Å². The quantitative estimate of drug-likeness (QED) is 0.569. The number of hydrogen-bond acceptors (Lipinski definition) is 3. The fraction of sp³-hybridized carbons (Fsp3) is 0.0870. The Morgan fingerprint density at radius 2 is 1.70 bits per heavy atom. The summed E-state index contributed by atoms with van der Waals surface area (Å²) in [5.41, 5.74) is 1.04. The zero-order valence-electron chi connectivity index (χ0n) is 16.1. The predicted molar refractivity (Wildman–Crippen MR) is 114 cm³/mol. The van der Waals surface area contributed by atoms with Gasteiger partial charge in [0.1, 0.15) is 12.4 Å². The molecule has 0 unspecified atom stereocenters. The van der Waals surface area contributed by atoms with Crippen molar-refractivity contribution < 1.29 is 9.18 Å². The summed E-state index contributed by atoms with van der Waals surface area (Å²) >= 11 is 0. The van der Waals surface area contributed by atoms with Gasteiger partial charge in [0.05, 0.1) is 16.6 Å². The van der Waals surface area contributed by atoms with E-state index in [2.05, 4.69) is 5.32 Å². The number of benzene rings is 3. The molecule has 1 heterocycles. The Hall–Kier alpha value is -4.00. The van der Waals surface area contributed by atoms with Gasteiger partial charge in [0.2, 0.25) is 5.91 Å². The first-order chi connectivity index (χ1) is 14.4. The van der Waals surface area contributed by atoms with Crippen molar-refractivity contribution in [2.75, 3.05) is 5.32 Å². The summed E-state index contributed by atoms with van der Waals surface area (Å²) in [6, 6.07) is 19.0. The summed E-state index contributed by atoms with van der Waals surface area (Å²) in [4.78, 5) is 38.9. The molecule has 1 N–H and O–H groups in total. The third-order valence-corrected chi connectivity index (χ3v) is 4.74. The van der Waals surface area contributed by atoms with Gasteiger partial charge in [0.15, 0.2) is 0 Å². The Kier molecular flexibility index (Phi) is 5.02. The maximum atomic E-state index is 13.2. The van der Waals surface area contributed by atoms with Crippen LogP contribution in [0.1, 0.15) is 5.56 Å². The smallest absolute Gasteiger partial charge is 0.325 e. The minimum atomic E-state index is -0.612. The van der Waals surface area contributed by atoms with Crippen molar-refractivity contribution in [2.45, 2.75) is 13.5 Å². The van der Waals surface area contributed by atoms with Gasteiger partial charge in [0.25, 0.3) is 5.56 Å². The third kappa shape index (κ3) is 3.65. The lowest BCUT2D eigenvalue weighted by Crippen LogP contribution is -2.40. The highest BCUT2D eigenvalue weighted by atomic mass is 19.1. The molecule has 4 rings (SSSR count). The molecule has 30 heavy (non-hydrogen) atoms. The molecule has 6 nitrogen and oxygen atoms in total. The number of hydrogen-bond donors (Lipinski definition) is 1. The van der Waals surface area contributed by atoms with Crippen LogP contribution >= 0.6 is 0 Å². The number of rotatable bonds is 4. The van der Waals surface area contributed by atoms with Crippen LogP contribution < -0.4 is 16.6 Å². The van der Waals surface area contributed by atoms with Crippen molar-refractivity contribution in [3.63, 3.8) is 0 Å². The van der Waals surface area contributed by atoms with E-state index in [-0.39, 0.29) is 6.54 Å². The number of amides is 1. The van der Waals surface area contributed by atoms with Crippen LogP contribution in [-0.4, -0.2) is 15.0 Å². The molecular weight excluding hydrogens is 385 g/mol. The Morgan fingerprint density at radius 1 is 0.967 bits per heavy atom. The average molecular weight is 403 g/mol. The van der Waals surface area contributed by atoms with Gasteiger partial charge in [-0.25, -0.2) is 13.8 Å². The van der Waals surface area contributed by atoms with Crippen molar-refractivity contribution in [2.24, 2.45) is 0 Å².